The van der Waals surface area contributed by atoms with Crippen LogP contribution in [0.5, 0.6) is 0 Å². The van der Waals surface area contributed by atoms with Gasteiger partial charge >= 0.3 is 5.97 Å². The molecule has 0 atom stereocenters. The van der Waals surface area contributed by atoms with E-state index in [-0.39, 0.29) is 12.1 Å². The van der Waals surface area contributed by atoms with Gasteiger partial charge in [0.15, 0.2) is 5.11 Å². The van der Waals surface area contributed by atoms with Gasteiger partial charge in [0, 0.05) is 11.4 Å². The van der Waals surface area contributed by atoms with E-state index in [2.05, 4.69) is 10.6 Å². The SMILES string of the molecule is CC(C)OC(=O)c1ccc(NC(=S)Nc2ccc(Cl)c(Cl)c2)cc1. The molecule has 7 heteroatoms. The smallest absolute Gasteiger partial charge is 0.338 e. The van der Waals surface area contributed by atoms with E-state index in [4.69, 9.17) is 40.2 Å². The third kappa shape index (κ3) is 5.37. The number of esters is 1. The molecular weight excluding hydrogens is 367 g/mol. The van der Waals surface area contributed by atoms with E-state index in [0.717, 1.165) is 11.4 Å². The summed E-state index contributed by atoms with van der Waals surface area (Å²) in [6, 6.07) is 12.0. The zero-order chi connectivity index (χ0) is 17.7. The maximum Gasteiger partial charge on any atom is 0.338 e. The molecule has 0 aliphatic carbocycles. The van der Waals surface area contributed by atoms with Crippen molar-refractivity contribution in [2.45, 2.75) is 20.0 Å². The summed E-state index contributed by atoms with van der Waals surface area (Å²) in [7, 11) is 0. The van der Waals surface area contributed by atoms with Crippen molar-refractivity contribution in [2.75, 3.05) is 10.6 Å². The van der Waals surface area contributed by atoms with Crippen LogP contribution in [0.25, 0.3) is 0 Å². The Morgan fingerprint density at radius 3 is 2.17 bits per heavy atom. The molecule has 0 radical (unpaired) electrons. The standard InChI is InChI=1S/C17H16Cl2N2O2S/c1-10(2)23-16(22)11-3-5-12(6-4-11)20-17(24)21-13-7-8-14(18)15(19)9-13/h3-10H,1-2H3,(H2,20,21,24). The highest BCUT2D eigenvalue weighted by Gasteiger charge is 2.09. The lowest BCUT2D eigenvalue weighted by Gasteiger charge is -2.12. The van der Waals surface area contributed by atoms with Gasteiger partial charge in [-0.05, 0) is 68.5 Å². The normalized spacial score (nSPS) is 10.4. The summed E-state index contributed by atoms with van der Waals surface area (Å²) in [4.78, 5) is 11.8. The van der Waals surface area contributed by atoms with Crippen molar-refractivity contribution in [3.8, 4) is 0 Å². The first-order valence-electron chi connectivity index (χ1n) is 7.19. The average molecular weight is 383 g/mol. The number of nitrogens with one attached hydrogen (secondary N) is 2. The van der Waals surface area contributed by atoms with Crippen molar-refractivity contribution in [3.63, 3.8) is 0 Å². The van der Waals surface area contributed by atoms with Crippen LogP contribution in [-0.4, -0.2) is 17.2 Å². The molecule has 0 aliphatic rings. The summed E-state index contributed by atoms with van der Waals surface area (Å²) >= 11 is 17.1. The van der Waals surface area contributed by atoms with Crippen LogP contribution in [0.4, 0.5) is 11.4 Å². The van der Waals surface area contributed by atoms with Gasteiger partial charge in [-0.2, -0.15) is 0 Å². The molecule has 2 aromatic carbocycles. The van der Waals surface area contributed by atoms with Crippen LogP contribution in [0.2, 0.25) is 10.0 Å². The minimum Gasteiger partial charge on any atom is -0.459 e. The number of carbonyl (C=O) groups is 1. The van der Waals surface area contributed by atoms with Crippen molar-refractivity contribution in [2.24, 2.45) is 0 Å². The van der Waals surface area contributed by atoms with Crippen LogP contribution in [0, 0.1) is 0 Å². The van der Waals surface area contributed by atoms with Gasteiger partial charge in [-0.25, -0.2) is 4.79 Å². The van der Waals surface area contributed by atoms with E-state index in [9.17, 15) is 4.79 Å². The molecule has 2 N–H and O–H groups in total. The highest BCUT2D eigenvalue weighted by Crippen LogP contribution is 2.25. The van der Waals surface area contributed by atoms with E-state index < -0.39 is 0 Å². The third-order valence-electron chi connectivity index (χ3n) is 2.90. The molecular formula is C17H16Cl2N2O2S. The van der Waals surface area contributed by atoms with Gasteiger partial charge in [0.25, 0.3) is 0 Å². The summed E-state index contributed by atoms with van der Waals surface area (Å²) in [5.41, 5.74) is 1.95. The molecule has 0 fully saturated rings. The summed E-state index contributed by atoms with van der Waals surface area (Å²) < 4.78 is 5.14. The lowest BCUT2D eigenvalue weighted by atomic mass is 10.2. The number of halogens is 2. The minimum absolute atomic E-state index is 0.154. The van der Waals surface area contributed by atoms with Crippen LogP contribution in [0.3, 0.4) is 0 Å². The van der Waals surface area contributed by atoms with Crippen molar-refractivity contribution in [3.05, 3.63) is 58.1 Å². The fourth-order valence-corrected chi connectivity index (χ4v) is 2.37. The summed E-state index contributed by atoms with van der Waals surface area (Å²) in [5, 5.41) is 7.34. The van der Waals surface area contributed by atoms with E-state index in [1.165, 1.54) is 0 Å². The van der Waals surface area contributed by atoms with Crippen LogP contribution in [-0.2, 0) is 4.74 Å². The third-order valence-corrected chi connectivity index (χ3v) is 3.84. The minimum atomic E-state index is -0.354. The molecule has 0 bridgehead atoms. The second-order valence-corrected chi connectivity index (χ2v) is 6.46. The number of benzene rings is 2. The number of anilines is 2. The van der Waals surface area contributed by atoms with E-state index in [0.29, 0.717) is 20.7 Å². The van der Waals surface area contributed by atoms with Crippen molar-refractivity contribution < 1.29 is 9.53 Å². The molecule has 126 valence electrons. The van der Waals surface area contributed by atoms with Gasteiger partial charge in [-0.15, -0.1) is 0 Å². The largest absolute Gasteiger partial charge is 0.459 e. The number of ether oxygens (including phenoxy) is 1. The topological polar surface area (TPSA) is 50.4 Å². The summed E-state index contributed by atoms with van der Waals surface area (Å²) in [6.45, 7) is 3.61. The van der Waals surface area contributed by atoms with Gasteiger partial charge in [-0.1, -0.05) is 23.2 Å². The van der Waals surface area contributed by atoms with Crippen LogP contribution in [0.1, 0.15) is 24.2 Å². The van der Waals surface area contributed by atoms with Gasteiger partial charge in [0.1, 0.15) is 0 Å². The first kappa shape index (κ1) is 18.5. The maximum absolute atomic E-state index is 11.8. The van der Waals surface area contributed by atoms with Crippen molar-refractivity contribution in [1.82, 2.24) is 0 Å². The van der Waals surface area contributed by atoms with Crippen molar-refractivity contribution in [1.29, 1.82) is 0 Å². The number of rotatable bonds is 4. The highest BCUT2D eigenvalue weighted by molar-refractivity contribution is 7.80. The van der Waals surface area contributed by atoms with Gasteiger partial charge in [-0.3, -0.25) is 0 Å². The molecule has 4 nitrogen and oxygen atoms in total. The second kappa shape index (κ2) is 8.33. The predicted molar refractivity (Wildman–Crippen MR) is 103 cm³/mol. The first-order chi connectivity index (χ1) is 11.3. The Morgan fingerprint density at radius 1 is 1.00 bits per heavy atom. The van der Waals surface area contributed by atoms with Gasteiger partial charge < -0.3 is 15.4 Å². The number of carbonyl (C=O) groups excluding carboxylic acids is 1. The molecule has 24 heavy (non-hydrogen) atoms. The molecule has 0 aromatic heterocycles. The van der Waals surface area contributed by atoms with E-state index >= 15 is 0 Å². The Hall–Kier alpha value is -1.82. The monoisotopic (exact) mass is 382 g/mol. The number of hydrogen-bond acceptors (Lipinski definition) is 3. The van der Waals surface area contributed by atoms with Crippen molar-refractivity contribution >= 4 is 57.9 Å². The van der Waals surface area contributed by atoms with Gasteiger partial charge in [0.2, 0.25) is 0 Å². The Morgan fingerprint density at radius 2 is 1.58 bits per heavy atom. The molecule has 0 saturated heterocycles. The molecule has 0 spiro atoms. The number of hydrogen-bond donors (Lipinski definition) is 2. The molecule has 0 unspecified atom stereocenters. The lowest BCUT2D eigenvalue weighted by molar-refractivity contribution is 0.0378. The maximum atomic E-state index is 11.8. The quantitative estimate of drug-likeness (QED) is 0.549. The zero-order valence-electron chi connectivity index (χ0n) is 13.1. The van der Waals surface area contributed by atoms with Gasteiger partial charge in [0.05, 0.1) is 21.7 Å². The molecule has 0 heterocycles. The second-order valence-electron chi connectivity index (χ2n) is 5.24. The first-order valence-corrected chi connectivity index (χ1v) is 8.35. The summed E-state index contributed by atoms with van der Waals surface area (Å²) in [6.07, 6.45) is -0.154. The Kier molecular flexibility index (Phi) is 6.43. The molecule has 0 aliphatic heterocycles. The highest BCUT2D eigenvalue weighted by atomic mass is 35.5. The molecule has 2 aromatic rings. The van der Waals surface area contributed by atoms with E-state index in [1.54, 1.807) is 56.3 Å². The zero-order valence-corrected chi connectivity index (χ0v) is 15.4. The Bertz CT molecular complexity index is 749. The Balaban J connectivity index is 1.96. The summed E-state index contributed by atoms with van der Waals surface area (Å²) in [5.74, 6) is -0.354. The molecule has 2 rings (SSSR count). The fourth-order valence-electron chi connectivity index (χ4n) is 1.84. The van der Waals surface area contributed by atoms with Crippen LogP contribution >= 0.6 is 35.4 Å². The molecule has 0 saturated carbocycles. The predicted octanol–water partition coefficient (Wildman–Crippen LogP) is 5.37. The Labute approximate surface area is 156 Å². The van der Waals surface area contributed by atoms with E-state index in [1.807, 2.05) is 0 Å². The van der Waals surface area contributed by atoms with Crippen LogP contribution < -0.4 is 10.6 Å². The van der Waals surface area contributed by atoms with Crippen LogP contribution in [0.15, 0.2) is 42.5 Å². The number of thiocarbonyl (C=S) groups is 1. The lowest BCUT2D eigenvalue weighted by Crippen LogP contribution is -2.19. The average Bonchev–Trinajstić information content (AvgIpc) is 2.51. The molecule has 0 amide bonds. The fraction of sp³-hybridized carbons (Fsp3) is 0.176.